The number of aliphatic hydroxyl groups is 1. The Morgan fingerprint density at radius 3 is 1.81 bits per heavy atom. The molecule has 0 radical (unpaired) electrons. The van der Waals surface area contributed by atoms with Gasteiger partial charge in [0.15, 0.2) is 30.9 Å². The van der Waals surface area contributed by atoms with Crippen LogP contribution in [0.2, 0.25) is 0 Å². The summed E-state index contributed by atoms with van der Waals surface area (Å²) < 4.78 is 58.0. The second-order valence-electron chi connectivity index (χ2n) is 14.7. The zero-order valence-corrected chi connectivity index (χ0v) is 35.6. The quantitative estimate of drug-likeness (QED) is 0.0876. The van der Waals surface area contributed by atoms with E-state index < -0.39 is 104 Å². The number of ether oxygens (including phenoxy) is 10. The summed E-state index contributed by atoms with van der Waals surface area (Å²) in [5.41, 5.74) is 1.73. The third-order valence-electron chi connectivity index (χ3n) is 9.51. The molecule has 0 aliphatic carbocycles. The minimum atomic E-state index is -1.69. The lowest BCUT2D eigenvalue weighted by molar-refractivity contribution is -0.347. The molecule has 0 saturated carbocycles. The van der Waals surface area contributed by atoms with Crippen LogP contribution in [0.3, 0.4) is 0 Å². The number of hydrogen-bond donors (Lipinski definition) is 3. The second kappa shape index (κ2) is 25.7. The van der Waals surface area contributed by atoms with Crippen molar-refractivity contribution < 1.29 is 81.2 Å². The summed E-state index contributed by atoms with van der Waals surface area (Å²) in [4.78, 5) is 73.9. The van der Waals surface area contributed by atoms with Crippen LogP contribution in [0.5, 0.6) is 0 Å². The van der Waals surface area contributed by atoms with Crippen molar-refractivity contribution in [1.29, 1.82) is 0 Å². The molecule has 0 unspecified atom stereocenters. The monoisotopic (exact) mass is 874 g/mol. The molecule has 2 amide bonds. The number of benzene rings is 2. The predicted octanol–water partition coefficient (Wildman–Crippen LogP) is 2.77. The van der Waals surface area contributed by atoms with Crippen LogP contribution < -0.4 is 10.6 Å². The Kier molecular flexibility index (Phi) is 20.5. The third-order valence-corrected chi connectivity index (χ3v) is 9.51. The molecular weight excluding hydrogens is 816 g/mol. The van der Waals surface area contributed by atoms with Gasteiger partial charge in [0.25, 0.3) is 0 Å². The van der Waals surface area contributed by atoms with E-state index in [-0.39, 0.29) is 26.4 Å². The van der Waals surface area contributed by atoms with Gasteiger partial charge in [-0.1, -0.05) is 73.5 Å². The van der Waals surface area contributed by atoms with Gasteiger partial charge in [-0.3, -0.25) is 24.0 Å². The molecule has 2 aliphatic rings. The SMILES string of the molecule is CC(=O)N[C@H]1[C@H](OCCCCCCNC(=O)OCc2ccccc2)O[C@H](COCc2ccccc2)[C@@H](O)[C@@H]1O[C@@H]1O[C@H](COC(C)=O)[C@H](OC(C)=O)[C@H](OC(C)=O)[C@H]1OC(C)=O. The first kappa shape index (κ1) is 49.5. The van der Waals surface area contributed by atoms with Crippen molar-refractivity contribution in [3.8, 4) is 0 Å². The van der Waals surface area contributed by atoms with Crippen LogP contribution in [-0.4, -0.2) is 129 Å². The Morgan fingerprint density at radius 2 is 1.19 bits per heavy atom. The van der Waals surface area contributed by atoms with Crippen molar-refractivity contribution >= 4 is 35.9 Å². The maximum atomic E-state index is 12.7. The Balaban J connectivity index is 1.51. The smallest absolute Gasteiger partial charge is 0.407 e. The molecule has 3 N–H and O–H groups in total. The lowest BCUT2D eigenvalue weighted by Crippen LogP contribution is -2.69. The first-order valence-electron chi connectivity index (χ1n) is 20.5. The van der Waals surface area contributed by atoms with E-state index in [1.807, 2.05) is 60.7 Å². The number of nitrogens with one attached hydrogen (secondary N) is 2. The molecule has 19 nitrogen and oxygen atoms in total. The molecule has 2 aliphatic heterocycles. The van der Waals surface area contributed by atoms with Gasteiger partial charge in [-0.2, -0.15) is 0 Å². The van der Waals surface area contributed by atoms with E-state index in [1.165, 1.54) is 6.92 Å². The maximum Gasteiger partial charge on any atom is 0.407 e. The number of alkyl carbamates (subject to hydrolysis) is 1. The van der Waals surface area contributed by atoms with Crippen LogP contribution in [0.25, 0.3) is 0 Å². The van der Waals surface area contributed by atoms with Gasteiger partial charge in [0.1, 0.15) is 43.7 Å². The number of rotatable bonds is 22. The zero-order valence-electron chi connectivity index (χ0n) is 35.6. The molecule has 2 saturated heterocycles. The molecule has 342 valence electrons. The highest BCUT2D eigenvalue weighted by Crippen LogP contribution is 2.34. The summed E-state index contributed by atoms with van der Waals surface area (Å²) in [5, 5.41) is 17.4. The average Bonchev–Trinajstić information content (AvgIpc) is 3.22. The van der Waals surface area contributed by atoms with Crippen LogP contribution in [0, 0.1) is 0 Å². The number of carbonyl (C=O) groups is 6. The Labute approximate surface area is 360 Å². The minimum absolute atomic E-state index is 0.146. The number of esters is 4. The fraction of sp³-hybridized carbons (Fsp3) is 0.581. The van der Waals surface area contributed by atoms with Gasteiger partial charge in [-0.05, 0) is 24.0 Å². The van der Waals surface area contributed by atoms with Gasteiger partial charge in [-0.15, -0.1) is 0 Å². The number of carbonyl (C=O) groups excluding carboxylic acids is 6. The predicted molar refractivity (Wildman–Crippen MR) is 214 cm³/mol. The van der Waals surface area contributed by atoms with E-state index in [4.69, 9.17) is 47.4 Å². The molecule has 4 rings (SSSR count). The standard InChI is InChI=1S/C43H58N2O17/c1-26(46)45-35-38(62-42-40(59-30(5)50)39(58-29(4)49)37(57-28(3)48)34(61-42)25-55-27(2)47)36(51)33(24-53-22-31-16-10-8-11-17-31)60-41(35)54-21-15-7-6-14-20-44-43(52)56-23-32-18-12-9-13-19-32/h8-13,16-19,33-42,51H,6-7,14-15,20-25H2,1-5H3,(H,44,52)(H,45,46)/t33-,34-,35-,36-,37+,38-,39+,40-,41-,42+/m1/s1. The molecule has 2 aromatic carbocycles. The molecular formula is C43H58N2O17. The molecule has 19 heteroatoms. The van der Waals surface area contributed by atoms with Crippen LogP contribution in [0.15, 0.2) is 60.7 Å². The highest BCUT2D eigenvalue weighted by molar-refractivity contribution is 5.73. The van der Waals surface area contributed by atoms with Crippen molar-refractivity contribution in [3.63, 3.8) is 0 Å². The van der Waals surface area contributed by atoms with E-state index in [0.29, 0.717) is 25.8 Å². The summed E-state index contributed by atoms with van der Waals surface area (Å²) in [6.07, 6.45) is -10.8. The number of amides is 2. The van der Waals surface area contributed by atoms with Crippen molar-refractivity contribution in [2.75, 3.05) is 26.4 Å². The van der Waals surface area contributed by atoms with Crippen LogP contribution >= 0.6 is 0 Å². The van der Waals surface area contributed by atoms with Crippen molar-refractivity contribution in [3.05, 3.63) is 71.8 Å². The minimum Gasteiger partial charge on any atom is -0.463 e. The summed E-state index contributed by atoms with van der Waals surface area (Å²) in [5.74, 6) is -3.77. The number of hydrogen-bond acceptors (Lipinski definition) is 17. The zero-order chi connectivity index (χ0) is 45.0. The van der Waals surface area contributed by atoms with E-state index in [0.717, 1.165) is 45.2 Å². The van der Waals surface area contributed by atoms with Gasteiger partial charge in [-0.25, -0.2) is 4.79 Å². The van der Waals surface area contributed by atoms with E-state index in [9.17, 15) is 33.9 Å². The normalized spacial score (nSPS) is 25.7. The summed E-state index contributed by atoms with van der Waals surface area (Å²) in [6.45, 7) is 5.85. The highest BCUT2D eigenvalue weighted by atomic mass is 16.8. The first-order chi connectivity index (χ1) is 29.7. The molecule has 0 bridgehead atoms. The third kappa shape index (κ3) is 16.6. The van der Waals surface area contributed by atoms with Gasteiger partial charge >= 0.3 is 30.0 Å². The van der Waals surface area contributed by atoms with E-state index in [2.05, 4.69) is 10.6 Å². The van der Waals surface area contributed by atoms with Crippen LogP contribution in [0.1, 0.15) is 71.4 Å². The largest absolute Gasteiger partial charge is 0.463 e. The van der Waals surface area contributed by atoms with Gasteiger partial charge in [0, 0.05) is 47.8 Å². The molecule has 0 spiro atoms. The topological polar surface area (TPSA) is 239 Å². The Morgan fingerprint density at radius 1 is 0.613 bits per heavy atom. The molecule has 10 atom stereocenters. The molecule has 62 heavy (non-hydrogen) atoms. The first-order valence-corrected chi connectivity index (χ1v) is 20.5. The fourth-order valence-electron chi connectivity index (χ4n) is 6.81. The Hall–Kier alpha value is -5.18. The van der Waals surface area contributed by atoms with Gasteiger partial charge in [0.05, 0.1) is 13.2 Å². The summed E-state index contributed by atoms with van der Waals surface area (Å²) in [7, 11) is 0. The van der Waals surface area contributed by atoms with Crippen LogP contribution in [0.4, 0.5) is 4.79 Å². The van der Waals surface area contributed by atoms with Gasteiger partial charge in [0.2, 0.25) is 5.91 Å². The summed E-state index contributed by atoms with van der Waals surface area (Å²) in [6, 6.07) is 17.4. The van der Waals surface area contributed by atoms with E-state index >= 15 is 0 Å². The van der Waals surface area contributed by atoms with Crippen molar-refractivity contribution in [1.82, 2.24) is 10.6 Å². The second-order valence-corrected chi connectivity index (χ2v) is 14.7. The van der Waals surface area contributed by atoms with Gasteiger partial charge < -0.3 is 63.1 Å². The molecule has 0 aromatic heterocycles. The van der Waals surface area contributed by atoms with Crippen LogP contribution in [-0.2, 0) is 84.6 Å². The maximum absolute atomic E-state index is 12.7. The molecule has 2 fully saturated rings. The molecule has 2 heterocycles. The van der Waals surface area contributed by atoms with E-state index in [1.54, 1.807) is 0 Å². The highest BCUT2D eigenvalue weighted by Gasteiger charge is 2.56. The Bertz CT molecular complexity index is 1730. The van der Waals surface area contributed by atoms with Crippen molar-refractivity contribution in [2.24, 2.45) is 0 Å². The summed E-state index contributed by atoms with van der Waals surface area (Å²) >= 11 is 0. The fourth-order valence-corrected chi connectivity index (χ4v) is 6.81. The number of aliphatic hydroxyl groups excluding tert-OH is 1. The molecule has 2 aromatic rings. The average molecular weight is 875 g/mol. The lowest BCUT2D eigenvalue weighted by atomic mass is 9.95. The lowest BCUT2D eigenvalue weighted by Gasteiger charge is -2.48. The van der Waals surface area contributed by atoms with Crippen molar-refractivity contribution in [2.45, 2.75) is 135 Å². The number of unbranched alkanes of at least 4 members (excludes halogenated alkanes) is 3.